The zero-order chi connectivity index (χ0) is 12.0. The summed E-state index contributed by atoms with van der Waals surface area (Å²) in [6, 6.07) is 8.88. The Balaban J connectivity index is 3.14. The van der Waals surface area contributed by atoms with E-state index in [4.69, 9.17) is 10.00 Å². The van der Waals surface area contributed by atoms with E-state index in [1.54, 1.807) is 30.3 Å². The third kappa shape index (κ3) is 2.61. The summed E-state index contributed by atoms with van der Waals surface area (Å²) in [6.45, 7) is 0. The summed E-state index contributed by atoms with van der Waals surface area (Å²) in [7, 11) is 2.76. The van der Waals surface area contributed by atoms with Crippen LogP contribution in [0.5, 0.6) is 5.75 Å². The van der Waals surface area contributed by atoms with Gasteiger partial charge in [0.05, 0.1) is 14.2 Å². The van der Waals surface area contributed by atoms with Gasteiger partial charge < -0.3 is 9.47 Å². The second-order valence-corrected chi connectivity index (χ2v) is 2.90. The maximum atomic E-state index is 11.2. The summed E-state index contributed by atoms with van der Waals surface area (Å²) < 4.78 is 9.58. The van der Waals surface area contributed by atoms with E-state index in [0.717, 1.165) is 0 Å². The first kappa shape index (κ1) is 11.8. The number of nitrogens with zero attached hydrogens (tertiary/aromatic N) is 1. The summed E-state index contributed by atoms with van der Waals surface area (Å²) in [5, 5.41) is 8.79. The molecular formula is C12H11NO3. The maximum absolute atomic E-state index is 11.2. The maximum Gasteiger partial charge on any atom is 0.348 e. The average molecular weight is 217 g/mol. The number of para-hydroxylation sites is 1. The second kappa shape index (κ2) is 5.56. The van der Waals surface area contributed by atoms with E-state index in [1.807, 2.05) is 0 Å². The summed E-state index contributed by atoms with van der Waals surface area (Å²) in [5.74, 6) is -0.0624. The fourth-order valence-electron chi connectivity index (χ4n) is 1.19. The Labute approximate surface area is 93.7 Å². The number of rotatable bonds is 3. The molecule has 0 radical (unpaired) electrons. The third-order valence-electron chi connectivity index (χ3n) is 1.96. The first-order valence-electron chi connectivity index (χ1n) is 4.56. The van der Waals surface area contributed by atoms with Crippen LogP contribution in [0.3, 0.4) is 0 Å². The molecule has 1 aromatic rings. The molecule has 0 unspecified atom stereocenters. The Kier molecular flexibility index (Phi) is 4.10. The molecule has 0 saturated heterocycles. The number of esters is 1. The van der Waals surface area contributed by atoms with Crippen LogP contribution in [-0.2, 0) is 9.53 Å². The minimum absolute atomic E-state index is 0.0630. The molecule has 0 amide bonds. The summed E-state index contributed by atoms with van der Waals surface area (Å²) in [6.07, 6.45) is 1.44. The number of methoxy groups -OCH3 is 2. The van der Waals surface area contributed by atoms with Crippen LogP contribution in [-0.4, -0.2) is 20.2 Å². The van der Waals surface area contributed by atoms with Gasteiger partial charge in [0.1, 0.15) is 17.4 Å². The van der Waals surface area contributed by atoms with Gasteiger partial charge in [0.2, 0.25) is 0 Å². The fourth-order valence-corrected chi connectivity index (χ4v) is 1.19. The van der Waals surface area contributed by atoms with Gasteiger partial charge in [0, 0.05) is 5.56 Å². The van der Waals surface area contributed by atoms with Gasteiger partial charge in [-0.2, -0.15) is 5.26 Å². The van der Waals surface area contributed by atoms with Crippen molar-refractivity contribution in [3.8, 4) is 11.8 Å². The molecule has 0 saturated carbocycles. The Morgan fingerprint density at radius 1 is 1.38 bits per heavy atom. The van der Waals surface area contributed by atoms with Crippen LogP contribution in [0.2, 0.25) is 0 Å². The Hall–Kier alpha value is -2.28. The minimum Gasteiger partial charge on any atom is -0.496 e. The van der Waals surface area contributed by atoms with Gasteiger partial charge in [-0.05, 0) is 12.1 Å². The molecule has 1 rings (SSSR count). The standard InChI is InChI=1S/C12H11NO3/c1-15-11-6-4-3-5-9(11)7-10(8-13)12(14)16-2/h3-7H,1-2H3/b10-7+. The van der Waals surface area contributed by atoms with E-state index >= 15 is 0 Å². The van der Waals surface area contributed by atoms with Crippen molar-refractivity contribution in [2.24, 2.45) is 0 Å². The predicted octanol–water partition coefficient (Wildman–Crippen LogP) is 1.78. The molecule has 0 bridgehead atoms. The number of hydrogen-bond acceptors (Lipinski definition) is 4. The van der Waals surface area contributed by atoms with Crippen molar-refractivity contribution in [1.82, 2.24) is 0 Å². The third-order valence-corrected chi connectivity index (χ3v) is 1.96. The molecule has 0 atom stereocenters. The van der Waals surface area contributed by atoms with Crippen molar-refractivity contribution in [1.29, 1.82) is 5.26 Å². The quantitative estimate of drug-likeness (QED) is 0.440. The highest BCUT2D eigenvalue weighted by Gasteiger charge is 2.09. The van der Waals surface area contributed by atoms with Gasteiger partial charge in [0.25, 0.3) is 0 Å². The molecule has 16 heavy (non-hydrogen) atoms. The van der Waals surface area contributed by atoms with Crippen molar-refractivity contribution in [2.75, 3.05) is 14.2 Å². The Bertz CT molecular complexity index is 458. The van der Waals surface area contributed by atoms with Crippen molar-refractivity contribution in [3.63, 3.8) is 0 Å². The number of nitriles is 1. The molecule has 0 N–H and O–H groups in total. The van der Waals surface area contributed by atoms with Gasteiger partial charge in [-0.25, -0.2) is 4.79 Å². The van der Waals surface area contributed by atoms with Gasteiger partial charge in [-0.1, -0.05) is 18.2 Å². The molecule has 0 heterocycles. The van der Waals surface area contributed by atoms with Gasteiger partial charge in [0.15, 0.2) is 0 Å². The molecule has 82 valence electrons. The van der Waals surface area contributed by atoms with Crippen LogP contribution >= 0.6 is 0 Å². The van der Waals surface area contributed by atoms with E-state index in [1.165, 1.54) is 20.3 Å². The molecule has 1 aromatic carbocycles. The smallest absolute Gasteiger partial charge is 0.348 e. The zero-order valence-corrected chi connectivity index (χ0v) is 9.06. The van der Waals surface area contributed by atoms with E-state index < -0.39 is 5.97 Å². The first-order chi connectivity index (χ1) is 7.72. The predicted molar refractivity (Wildman–Crippen MR) is 58.6 cm³/mol. The Morgan fingerprint density at radius 3 is 2.62 bits per heavy atom. The number of hydrogen-bond donors (Lipinski definition) is 0. The second-order valence-electron chi connectivity index (χ2n) is 2.90. The van der Waals surface area contributed by atoms with Crippen molar-refractivity contribution in [3.05, 3.63) is 35.4 Å². The van der Waals surface area contributed by atoms with Gasteiger partial charge >= 0.3 is 5.97 Å². The first-order valence-corrected chi connectivity index (χ1v) is 4.56. The lowest BCUT2D eigenvalue weighted by Crippen LogP contribution is -2.02. The van der Waals surface area contributed by atoms with Crippen molar-refractivity contribution in [2.45, 2.75) is 0 Å². The van der Waals surface area contributed by atoms with E-state index in [9.17, 15) is 4.79 Å². The molecule has 0 aliphatic heterocycles. The Morgan fingerprint density at radius 2 is 2.06 bits per heavy atom. The number of ether oxygens (including phenoxy) is 2. The fraction of sp³-hybridized carbons (Fsp3) is 0.167. The molecular weight excluding hydrogens is 206 g/mol. The van der Waals surface area contributed by atoms with Crippen molar-refractivity contribution < 1.29 is 14.3 Å². The number of carbonyl (C=O) groups excluding carboxylic acids is 1. The van der Waals surface area contributed by atoms with E-state index in [0.29, 0.717) is 11.3 Å². The largest absolute Gasteiger partial charge is 0.496 e. The van der Waals surface area contributed by atoms with Crippen LogP contribution in [0.25, 0.3) is 6.08 Å². The zero-order valence-electron chi connectivity index (χ0n) is 9.06. The molecule has 0 aromatic heterocycles. The van der Waals surface area contributed by atoms with E-state index in [2.05, 4.69) is 4.74 Å². The molecule has 4 heteroatoms. The molecule has 4 nitrogen and oxygen atoms in total. The number of carbonyl (C=O) groups is 1. The molecule has 0 fully saturated rings. The highest BCUT2D eigenvalue weighted by atomic mass is 16.5. The topological polar surface area (TPSA) is 59.3 Å². The number of benzene rings is 1. The lowest BCUT2D eigenvalue weighted by molar-refractivity contribution is -0.135. The van der Waals surface area contributed by atoms with Crippen LogP contribution in [0.4, 0.5) is 0 Å². The SMILES string of the molecule is COC(=O)/C(C#N)=C/c1ccccc1OC. The summed E-state index contributed by atoms with van der Waals surface area (Å²) in [4.78, 5) is 11.2. The van der Waals surface area contributed by atoms with Gasteiger partial charge in [-0.3, -0.25) is 0 Å². The van der Waals surface area contributed by atoms with Crippen molar-refractivity contribution >= 4 is 12.0 Å². The molecule has 0 aliphatic carbocycles. The highest BCUT2D eigenvalue weighted by molar-refractivity contribution is 5.98. The van der Waals surface area contributed by atoms with E-state index in [-0.39, 0.29) is 5.57 Å². The summed E-state index contributed by atoms with van der Waals surface area (Å²) in [5.41, 5.74) is 0.596. The molecule has 0 aliphatic rings. The minimum atomic E-state index is -0.659. The van der Waals surface area contributed by atoms with Crippen LogP contribution in [0.15, 0.2) is 29.8 Å². The summed E-state index contributed by atoms with van der Waals surface area (Å²) >= 11 is 0. The lowest BCUT2D eigenvalue weighted by Gasteiger charge is -2.04. The lowest BCUT2D eigenvalue weighted by atomic mass is 10.1. The highest BCUT2D eigenvalue weighted by Crippen LogP contribution is 2.20. The van der Waals surface area contributed by atoms with Crippen LogP contribution < -0.4 is 4.74 Å². The monoisotopic (exact) mass is 217 g/mol. The average Bonchev–Trinajstić information content (AvgIpc) is 2.35. The van der Waals surface area contributed by atoms with Crippen LogP contribution in [0, 0.1) is 11.3 Å². The van der Waals surface area contributed by atoms with Gasteiger partial charge in [-0.15, -0.1) is 0 Å². The normalized spacial score (nSPS) is 10.4. The molecule has 0 spiro atoms. The van der Waals surface area contributed by atoms with Crippen LogP contribution in [0.1, 0.15) is 5.56 Å².